The number of rotatable bonds is 2. The number of hydrogen-bond donors (Lipinski definition) is 2. The van der Waals surface area contributed by atoms with Gasteiger partial charge in [0.25, 0.3) is 0 Å². The van der Waals surface area contributed by atoms with Crippen LogP contribution in [0.5, 0.6) is 0 Å². The second kappa shape index (κ2) is 4.57. The van der Waals surface area contributed by atoms with Gasteiger partial charge < -0.3 is 11.5 Å². The van der Waals surface area contributed by atoms with Crippen molar-refractivity contribution < 1.29 is 0 Å². The predicted molar refractivity (Wildman–Crippen MR) is 74.5 cm³/mol. The summed E-state index contributed by atoms with van der Waals surface area (Å²) in [4.78, 5) is 2.43. The fraction of sp³-hybridized carbons (Fsp3) is 0.167. The number of anilines is 1. The molecule has 0 fully saturated rings. The van der Waals surface area contributed by atoms with Gasteiger partial charge in [-0.2, -0.15) is 0 Å². The lowest BCUT2D eigenvalue weighted by molar-refractivity contribution is 1.07. The standard InChI is InChI=1S/C12H13BrN2S/c1-7-10(13)5-12(16-7)9-4-8(6-14)2-3-11(9)15/h2-5H,6,14-15H2,1H3. The van der Waals surface area contributed by atoms with Gasteiger partial charge in [-0.05, 0) is 46.6 Å². The molecule has 2 rings (SSSR count). The zero-order valence-electron chi connectivity index (χ0n) is 8.96. The molecule has 1 aromatic heterocycles. The molecule has 0 amide bonds. The van der Waals surface area contributed by atoms with E-state index in [1.165, 1.54) is 9.75 Å². The fourth-order valence-electron chi connectivity index (χ4n) is 1.54. The second-order valence-corrected chi connectivity index (χ2v) is 5.75. The van der Waals surface area contributed by atoms with Crippen molar-refractivity contribution in [1.82, 2.24) is 0 Å². The quantitative estimate of drug-likeness (QED) is 0.833. The van der Waals surface area contributed by atoms with Gasteiger partial charge in [-0.25, -0.2) is 0 Å². The van der Waals surface area contributed by atoms with Gasteiger partial charge in [-0.15, -0.1) is 11.3 Å². The molecule has 0 saturated carbocycles. The topological polar surface area (TPSA) is 52.0 Å². The van der Waals surface area contributed by atoms with Gasteiger partial charge in [-0.1, -0.05) is 6.07 Å². The largest absolute Gasteiger partial charge is 0.398 e. The lowest BCUT2D eigenvalue weighted by Gasteiger charge is -2.05. The van der Waals surface area contributed by atoms with Crippen LogP contribution in [0.15, 0.2) is 28.7 Å². The van der Waals surface area contributed by atoms with Crippen molar-refractivity contribution in [3.05, 3.63) is 39.2 Å². The van der Waals surface area contributed by atoms with Crippen molar-refractivity contribution in [3.8, 4) is 10.4 Å². The Bertz CT molecular complexity index is 500. The Morgan fingerprint density at radius 2 is 2.06 bits per heavy atom. The van der Waals surface area contributed by atoms with Crippen LogP contribution < -0.4 is 11.5 Å². The molecular weight excluding hydrogens is 284 g/mol. The highest BCUT2D eigenvalue weighted by atomic mass is 79.9. The molecule has 0 aliphatic carbocycles. The Morgan fingerprint density at radius 1 is 1.31 bits per heavy atom. The summed E-state index contributed by atoms with van der Waals surface area (Å²) in [5.41, 5.74) is 14.6. The highest BCUT2D eigenvalue weighted by Gasteiger charge is 2.08. The Hall–Kier alpha value is -0.840. The smallest absolute Gasteiger partial charge is 0.0402 e. The number of nitrogens with two attached hydrogens (primary N) is 2. The summed E-state index contributed by atoms with van der Waals surface area (Å²) in [6, 6.07) is 8.05. The van der Waals surface area contributed by atoms with E-state index in [4.69, 9.17) is 11.5 Å². The van der Waals surface area contributed by atoms with Gasteiger partial charge in [0, 0.05) is 32.0 Å². The van der Waals surface area contributed by atoms with E-state index in [0.29, 0.717) is 6.54 Å². The summed E-state index contributed by atoms with van der Waals surface area (Å²) < 4.78 is 1.13. The summed E-state index contributed by atoms with van der Waals surface area (Å²) in [5, 5.41) is 0. The third kappa shape index (κ3) is 2.14. The molecule has 0 saturated heterocycles. The molecule has 2 nitrogen and oxygen atoms in total. The zero-order valence-corrected chi connectivity index (χ0v) is 11.4. The average molecular weight is 297 g/mol. The molecular formula is C12H13BrN2S. The summed E-state index contributed by atoms with van der Waals surface area (Å²) in [6.45, 7) is 2.63. The molecule has 0 spiro atoms. The van der Waals surface area contributed by atoms with Gasteiger partial charge >= 0.3 is 0 Å². The van der Waals surface area contributed by atoms with E-state index >= 15 is 0 Å². The monoisotopic (exact) mass is 296 g/mol. The molecule has 0 radical (unpaired) electrons. The maximum atomic E-state index is 5.99. The maximum Gasteiger partial charge on any atom is 0.0402 e. The van der Waals surface area contributed by atoms with Crippen LogP contribution in [0, 0.1) is 6.92 Å². The second-order valence-electron chi connectivity index (χ2n) is 3.64. The van der Waals surface area contributed by atoms with Gasteiger partial charge in [0.1, 0.15) is 0 Å². The molecule has 4 N–H and O–H groups in total. The van der Waals surface area contributed by atoms with Crippen LogP contribution in [0.3, 0.4) is 0 Å². The van der Waals surface area contributed by atoms with Crippen molar-refractivity contribution in [3.63, 3.8) is 0 Å². The molecule has 1 heterocycles. The van der Waals surface area contributed by atoms with Gasteiger partial charge in [-0.3, -0.25) is 0 Å². The van der Waals surface area contributed by atoms with E-state index < -0.39 is 0 Å². The van der Waals surface area contributed by atoms with Gasteiger partial charge in [0.15, 0.2) is 0 Å². The third-order valence-corrected chi connectivity index (χ3v) is 4.65. The molecule has 0 atom stereocenters. The van der Waals surface area contributed by atoms with E-state index in [1.54, 1.807) is 11.3 Å². The Morgan fingerprint density at radius 3 is 2.62 bits per heavy atom. The minimum atomic E-state index is 0.540. The Kier molecular flexibility index (Phi) is 3.33. The SMILES string of the molecule is Cc1sc(-c2cc(CN)ccc2N)cc1Br. The number of benzene rings is 1. The molecule has 0 bridgehead atoms. The minimum absolute atomic E-state index is 0.540. The van der Waals surface area contributed by atoms with Crippen LogP contribution >= 0.6 is 27.3 Å². The van der Waals surface area contributed by atoms with E-state index in [0.717, 1.165) is 21.3 Å². The van der Waals surface area contributed by atoms with Crippen LogP contribution in [0.25, 0.3) is 10.4 Å². The highest BCUT2D eigenvalue weighted by molar-refractivity contribution is 9.10. The molecule has 84 valence electrons. The van der Waals surface area contributed by atoms with Crippen LogP contribution in [0.1, 0.15) is 10.4 Å². The highest BCUT2D eigenvalue weighted by Crippen LogP contribution is 2.37. The van der Waals surface area contributed by atoms with E-state index in [1.807, 2.05) is 12.1 Å². The fourth-order valence-corrected chi connectivity index (χ4v) is 3.11. The summed E-state index contributed by atoms with van der Waals surface area (Å²) in [5.74, 6) is 0. The van der Waals surface area contributed by atoms with E-state index in [2.05, 4.69) is 35.0 Å². The lowest BCUT2D eigenvalue weighted by Crippen LogP contribution is -1.97. The Labute approximate surface area is 107 Å². The number of halogens is 1. The van der Waals surface area contributed by atoms with Crippen molar-refractivity contribution in [2.24, 2.45) is 5.73 Å². The predicted octanol–water partition coefficient (Wildman–Crippen LogP) is 3.53. The van der Waals surface area contributed by atoms with Crippen LogP contribution in [0.2, 0.25) is 0 Å². The van der Waals surface area contributed by atoms with Crippen molar-refractivity contribution in [2.75, 3.05) is 5.73 Å². The van der Waals surface area contributed by atoms with Crippen molar-refractivity contribution in [2.45, 2.75) is 13.5 Å². The molecule has 0 aliphatic rings. The first-order chi connectivity index (χ1) is 7.61. The molecule has 4 heteroatoms. The molecule has 0 unspecified atom stereocenters. The minimum Gasteiger partial charge on any atom is -0.398 e. The Balaban J connectivity index is 2.54. The normalized spacial score (nSPS) is 10.7. The van der Waals surface area contributed by atoms with Crippen LogP contribution in [0.4, 0.5) is 5.69 Å². The molecule has 16 heavy (non-hydrogen) atoms. The van der Waals surface area contributed by atoms with Crippen LogP contribution in [-0.4, -0.2) is 0 Å². The number of hydrogen-bond acceptors (Lipinski definition) is 3. The first-order valence-electron chi connectivity index (χ1n) is 4.96. The lowest BCUT2D eigenvalue weighted by atomic mass is 10.1. The molecule has 1 aromatic carbocycles. The molecule has 0 aliphatic heterocycles. The summed E-state index contributed by atoms with van der Waals surface area (Å²) in [7, 11) is 0. The maximum absolute atomic E-state index is 5.99. The summed E-state index contributed by atoms with van der Waals surface area (Å²) >= 11 is 5.25. The van der Waals surface area contributed by atoms with E-state index in [-0.39, 0.29) is 0 Å². The van der Waals surface area contributed by atoms with Crippen molar-refractivity contribution >= 4 is 33.0 Å². The van der Waals surface area contributed by atoms with Gasteiger partial charge in [0.05, 0.1) is 0 Å². The number of nitrogen functional groups attached to an aromatic ring is 1. The first kappa shape index (κ1) is 11.6. The first-order valence-corrected chi connectivity index (χ1v) is 6.57. The van der Waals surface area contributed by atoms with E-state index in [9.17, 15) is 0 Å². The van der Waals surface area contributed by atoms with Crippen LogP contribution in [-0.2, 0) is 6.54 Å². The summed E-state index contributed by atoms with van der Waals surface area (Å²) in [6.07, 6.45) is 0. The average Bonchev–Trinajstić information content (AvgIpc) is 2.60. The van der Waals surface area contributed by atoms with Gasteiger partial charge in [0.2, 0.25) is 0 Å². The van der Waals surface area contributed by atoms with Crippen molar-refractivity contribution in [1.29, 1.82) is 0 Å². The zero-order chi connectivity index (χ0) is 11.7. The molecule has 2 aromatic rings. The number of aryl methyl sites for hydroxylation is 1. The third-order valence-electron chi connectivity index (χ3n) is 2.48. The number of thiophene rings is 1.